The van der Waals surface area contributed by atoms with Crippen molar-refractivity contribution in [3.8, 4) is 5.75 Å². The molecule has 1 aromatic carbocycles. The Labute approximate surface area is 98.2 Å². The van der Waals surface area contributed by atoms with Crippen molar-refractivity contribution < 1.29 is 4.74 Å². The molecule has 0 bridgehead atoms. The van der Waals surface area contributed by atoms with E-state index in [9.17, 15) is 0 Å². The molecule has 0 amide bonds. The third kappa shape index (κ3) is 3.73. The minimum atomic E-state index is 0. The van der Waals surface area contributed by atoms with Crippen molar-refractivity contribution in [2.45, 2.75) is 33.2 Å². The van der Waals surface area contributed by atoms with Crippen molar-refractivity contribution in [1.82, 2.24) is 0 Å². The fraction of sp³-hybridized carbons (Fsp3) is 0.500. The first-order chi connectivity index (χ1) is 6.54. The molecular formula is C12H20ClNO. The minimum absolute atomic E-state index is 0. The zero-order chi connectivity index (χ0) is 10.7. The Kier molecular flexibility index (Phi) is 5.69. The fourth-order valence-electron chi connectivity index (χ4n) is 1.83. The predicted molar refractivity (Wildman–Crippen MR) is 67.1 cm³/mol. The molecule has 0 radical (unpaired) electrons. The number of benzene rings is 1. The lowest BCUT2D eigenvalue weighted by Gasteiger charge is -2.14. The van der Waals surface area contributed by atoms with Crippen LogP contribution in [0, 0.1) is 13.8 Å². The van der Waals surface area contributed by atoms with Gasteiger partial charge in [0.15, 0.2) is 0 Å². The van der Waals surface area contributed by atoms with E-state index in [1.165, 1.54) is 16.7 Å². The predicted octanol–water partition coefficient (Wildman–Crippen LogP) is 2.62. The van der Waals surface area contributed by atoms with Crippen molar-refractivity contribution in [2.75, 3.05) is 7.11 Å². The van der Waals surface area contributed by atoms with Crippen LogP contribution in [0.2, 0.25) is 0 Å². The standard InChI is InChI=1S/C12H19NO.ClH/c1-8-5-9(2)12(14-4)11(6-8)7-10(3)13;/h5-6,10H,7,13H2,1-4H3;1H. The maximum Gasteiger partial charge on any atom is 0.125 e. The van der Waals surface area contributed by atoms with Crippen LogP contribution in [-0.2, 0) is 6.42 Å². The molecule has 0 fully saturated rings. The summed E-state index contributed by atoms with van der Waals surface area (Å²) in [5.74, 6) is 0.980. The van der Waals surface area contributed by atoms with Crippen LogP contribution in [0.1, 0.15) is 23.6 Å². The highest BCUT2D eigenvalue weighted by molar-refractivity contribution is 5.85. The van der Waals surface area contributed by atoms with Crippen LogP contribution in [0.4, 0.5) is 0 Å². The van der Waals surface area contributed by atoms with Gasteiger partial charge in [0, 0.05) is 6.04 Å². The van der Waals surface area contributed by atoms with E-state index in [1.807, 2.05) is 6.92 Å². The quantitative estimate of drug-likeness (QED) is 0.865. The summed E-state index contributed by atoms with van der Waals surface area (Å²) in [6.07, 6.45) is 0.867. The summed E-state index contributed by atoms with van der Waals surface area (Å²) >= 11 is 0. The Bertz CT molecular complexity index is 324. The number of methoxy groups -OCH3 is 1. The highest BCUT2D eigenvalue weighted by atomic mass is 35.5. The Hall–Kier alpha value is -0.730. The number of nitrogens with two attached hydrogens (primary N) is 1. The van der Waals surface area contributed by atoms with E-state index in [4.69, 9.17) is 10.5 Å². The first-order valence-corrected chi connectivity index (χ1v) is 4.94. The molecule has 2 nitrogen and oxygen atoms in total. The third-order valence-electron chi connectivity index (χ3n) is 2.24. The second kappa shape index (κ2) is 5.99. The number of hydrogen-bond acceptors (Lipinski definition) is 2. The van der Waals surface area contributed by atoms with Gasteiger partial charge in [-0.1, -0.05) is 17.7 Å². The van der Waals surface area contributed by atoms with Crippen LogP contribution >= 0.6 is 12.4 Å². The average molecular weight is 230 g/mol. The van der Waals surface area contributed by atoms with Crippen molar-refractivity contribution in [1.29, 1.82) is 0 Å². The number of hydrogen-bond donors (Lipinski definition) is 1. The van der Waals surface area contributed by atoms with Gasteiger partial charge in [0.2, 0.25) is 0 Å². The van der Waals surface area contributed by atoms with Crippen LogP contribution in [0.3, 0.4) is 0 Å². The molecule has 2 N–H and O–H groups in total. The Morgan fingerprint density at radius 3 is 2.40 bits per heavy atom. The summed E-state index contributed by atoms with van der Waals surface area (Å²) in [6.45, 7) is 6.17. The first kappa shape index (κ1) is 14.3. The number of halogens is 1. The van der Waals surface area contributed by atoms with Crippen molar-refractivity contribution in [3.63, 3.8) is 0 Å². The second-order valence-corrected chi connectivity index (χ2v) is 3.96. The number of aryl methyl sites for hydroxylation is 2. The molecular weight excluding hydrogens is 210 g/mol. The van der Waals surface area contributed by atoms with Crippen LogP contribution in [0.25, 0.3) is 0 Å². The van der Waals surface area contributed by atoms with Gasteiger partial charge >= 0.3 is 0 Å². The largest absolute Gasteiger partial charge is 0.496 e. The molecule has 0 saturated heterocycles. The molecule has 0 aliphatic rings. The van der Waals surface area contributed by atoms with Gasteiger partial charge in [-0.15, -0.1) is 12.4 Å². The molecule has 86 valence electrons. The molecule has 0 aromatic heterocycles. The fourth-order valence-corrected chi connectivity index (χ4v) is 1.83. The van der Waals surface area contributed by atoms with E-state index in [0.29, 0.717) is 0 Å². The van der Waals surface area contributed by atoms with Gasteiger partial charge in [0.05, 0.1) is 7.11 Å². The highest BCUT2D eigenvalue weighted by Crippen LogP contribution is 2.25. The maximum atomic E-state index is 5.79. The van der Waals surface area contributed by atoms with Crippen LogP contribution in [-0.4, -0.2) is 13.2 Å². The highest BCUT2D eigenvalue weighted by Gasteiger charge is 2.08. The van der Waals surface area contributed by atoms with Crippen molar-refractivity contribution in [2.24, 2.45) is 5.73 Å². The topological polar surface area (TPSA) is 35.2 Å². The Morgan fingerprint density at radius 2 is 1.93 bits per heavy atom. The van der Waals surface area contributed by atoms with Gasteiger partial charge < -0.3 is 10.5 Å². The summed E-state index contributed by atoms with van der Waals surface area (Å²) in [5, 5.41) is 0. The Morgan fingerprint density at radius 1 is 1.33 bits per heavy atom. The van der Waals surface area contributed by atoms with Crippen LogP contribution < -0.4 is 10.5 Å². The lowest BCUT2D eigenvalue weighted by Crippen LogP contribution is -2.18. The molecule has 1 aromatic rings. The first-order valence-electron chi connectivity index (χ1n) is 4.94. The number of ether oxygens (including phenoxy) is 1. The van der Waals surface area contributed by atoms with Crippen LogP contribution in [0.15, 0.2) is 12.1 Å². The van der Waals surface area contributed by atoms with Gasteiger partial charge in [0.25, 0.3) is 0 Å². The van der Waals surface area contributed by atoms with E-state index in [1.54, 1.807) is 7.11 Å². The van der Waals surface area contributed by atoms with Crippen molar-refractivity contribution in [3.05, 3.63) is 28.8 Å². The zero-order valence-electron chi connectivity index (χ0n) is 9.83. The molecule has 0 heterocycles. The summed E-state index contributed by atoms with van der Waals surface area (Å²) in [4.78, 5) is 0. The van der Waals surface area contributed by atoms with Gasteiger partial charge in [-0.25, -0.2) is 0 Å². The second-order valence-electron chi connectivity index (χ2n) is 3.96. The maximum absolute atomic E-state index is 5.79. The van der Waals surface area contributed by atoms with Crippen molar-refractivity contribution >= 4 is 12.4 Å². The summed E-state index contributed by atoms with van der Waals surface area (Å²) in [6, 6.07) is 4.45. The molecule has 3 heteroatoms. The molecule has 0 aliphatic heterocycles. The Balaban J connectivity index is 0.00000196. The average Bonchev–Trinajstić information content (AvgIpc) is 2.01. The van der Waals surface area contributed by atoms with Crippen LogP contribution in [0.5, 0.6) is 5.75 Å². The number of rotatable bonds is 3. The smallest absolute Gasteiger partial charge is 0.125 e. The monoisotopic (exact) mass is 229 g/mol. The van der Waals surface area contributed by atoms with E-state index < -0.39 is 0 Å². The van der Waals surface area contributed by atoms with E-state index >= 15 is 0 Å². The van der Waals surface area contributed by atoms with E-state index in [2.05, 4.69) is 26.0 Å². The molecule has 1 atom stereocenters. The molecule has 15 heavy (non-hydrogen) atoms. The third-order valence-corrected chi connectivity index (χ3v) is 2.24. The summed E-state index contributed by atoms with van der Waals surface area (Å²) in [5.41, 5.74) is 9.45. The molecule has 0 spiro atoms. The molecule has 1 unspecified atom stereocenters. The SMILES string of the molecule is COc1c(C)cc(C)cc1CC(C)N.Cl. The van der Waals surface area contributed by atoms with E-state index in [-0.39, 0.29) is 18.4 Å². The molecule has 1 rings (SSSR count). The molecule has 0 saturated carbocycles. The normalized spacial score (nSPS) is 11.8. The molecule has 0 aliphatic carbocycles. The van der Waals surface area contributed by atoms with Gasteiger partial charge in [0.1, 0.15) is 5.75 Å². The lowest BCUT2D eigenvalue weighted by atomic mass is 10.0. The van der Waals surface area contributed by atoms with Gasteiger partial charge in [-0.2, -0.15) is 0 Å². The minimum Gasteiger partial charge on any atom is -0.496 e. The lowest BCUT2D eigenvalue weighted by molar-refractivity contribution is 0.405. The zero-order valence-corrected chi connectivity index (χ0v) is 10.6. The van der Waals surface area contributed by atoms with Gasteiger partial charge in [-0.3, -0.25) is 0 Å². The summed E-state index contributed by atoms with van der Waals surface area (Å²) < 4.78 is 5.38. The van der Waals surface area contributed by atoms with E-state index in [0.717, 1.165) is 12.2 Å². The summed E-state index contributed by atoms with van der Waals surface area (Å²) in [7, 11) is 1.71. The van der Waals surface area contributed by atoms with Gasteiger partial charge in [-0.05, 0) is 38.3 Å².